The van der Waals surface area contributed by atoms with Crippen LogP contribution in [0.5, 0.6) is 17.2 Å². The molecule has 0 radical (unpaired) electrons. The largest absolute Gasteiger partial charge is 0.493 e. The van der Waals surface area contributed by atoms with Gasteiger partial charge in [-0.15, -0.1) is 0 Å². The number of ether oxygens (including phenoxy) is 3. The predicted molar refractivity (Wildman–Crippen MR) is 116 cm³/mol. The molecule has 2 aromatic rings. The Hall–Kier alpha value is -3.22. The van der Waals surface area contributed by atoms with Crippen molar-refractivity contribution in [1.29, 1.82) is 0 Å². The normalized spacial score (nSPS) is 15.3. The molecule has 3 rings (SSSR count). The summed E-state index contributed by atoms with van der Waals surface area (Å²) in [5.74, 6) is 1.77. The topological polar surface area (TPSA) is 77.1 Å². The van der Waals surface area contributed by atoms with Crippen LogP contribution in [0.4, 0.5) is 11.4 Å². The Bertz CT molecular complexity index is 928. The van der Waals surface area contributed by atoms with Crippen LogP contribution >= 0.6 is 0 Å². The molecular weight excluding hydrogens is 384 g/mol. The lowest BCUT2D eigenvalue weighted by Crippen LogP contribution is -2.44. The second kappa shape index (κ2) is 9.52. The number of amides is 2. The van der Waals surface area contributed by atoms with E-state index in [2.05, 4.69) is 5.32 Å². The highest BCUT2D eigenvalue weighted by molar-refractivity contribution is 6.01. The summed E-state index contributed by atoms with van der Waals surface area (Å²) in [5.41, 5.74) is 2.31. The van der Waals surface area contributed by atoms with Crippen LogP contribution in [0.1, 0.15) is 32.3 Å². The van der Waals surface area contributed by atoms with Gasteiger partial charge >= 0.3 is 0 Å². The zero-order valence-corrected chi connectivity index (χ0v) is 17.9. The van der Waals surface area contributed by atoms with Gasteiger partial charge in [-0.05, 0) is 55.7 Å². The standard InChI is InChI=1S/C23H28N2O5/c1-5-12-25-18-14-17(8-10-19(18)30-15(2)23(25)27)24-22(26)11-7-16-6-9-20(28-3)21(13-16)29-4/h6,8-10,13-15H,5,7,11-12H2,1-4H3,(H,24,26). The molecule has 0 spiro atoms. The maximum absolute atomic E-state index is 12.5. The Morgan fingerprint density at radius 3 is 2.60 bits per heavy atom. The van der Waals surface area contributed by atoms with Gasteiger partial charge in [-0.3, -0.25) is 9.59 Å². The summed E-state index contributed by atoms with van der Waals surface area (Å²) in [6, 6.07) is 11.0. The number of methoxy groups -OCH3 is 2. The number of hydrogen-bond acceptors (Lipinski definition) is 5. The van der Waals surface area contributed by atoms with Crippen LogP contribution in [-0.2, 0) is 16.0 Å². The number of nitrogens with zero attached hydrogens (tertiary/aromatic N) is 1. The molecule has 1 atom stereocenters. The van der Waals surface area contributed by atoms with Gasteiger partial charge in [-0.25, -0.2) is 0 Å². The zero-order chi connectivity index (χ0) is 21.7. The fraction of sp³-hybridized carbons (Fsp3) is 0.391. The molecule has 1 aliphatic rings. The smallest absolute Gasteiger partial charge is 0.267 e. The van der Waals surface area contributed by atoms with Gasteiger partial charge in [0.05, 0.1) is 19.9 Å². The van der Waals surface area contributed by atoms with E-state index in [4.69, 9.17) is 14.2 Å². The first-order valence-electron chi connectivity index (χ1n) is 10.1. The number of carbonyl (C=O) groups is 2. The van der Waals surface area contributed by atoms with Crippen molar-refractivity contribution < 1.29 is 23.8 Å². The average Bonchev–Trinajstić information content (AvgIpc) is 2.75. The van der Waals surface area contributed by atoms with E-state index in [9.17, 15) is 9.59 Å². The quantitative estimate of drug-likeness (QED) is 0.714. The van der Waals surface area contributed by atoms with Gasteiger partial charge in [0.25, 0.3) is 5.91 Å². The Balaban J connectivity index is 1.67. The first-order chi connectivity index (χ1) is 14.5. The fourth-order valence-corrected chi connectivity index (χ4v) is 3.46. The summed E-state index contributed by atoms with van der Waals surface area (Å²) in [6.45, 7) is 4.38. The molecule has 0 aromatic heterocycles. The zero-order valence-electron chi connectivity index (χ0n) is 17.9. The van der Waals surface area contributed by atoms with Gasteiger partial charge in [-0.2, -0.15) is 0 Å². The minimum Gasteiger partial charge on any atom is -0.493 e. The lowest BCUT2D eigenvalue weighted by molar-refractivity contribution is -0.125. The molecule has 0 bridgehead atoms. The maximum Gasteiger partial charge on any atom is 0.267 e. The van der Waals surface area contributed by atoms with Crippen LogP contribution < -0.4 is 24.4 Å². The molecule has 0 saturated heterocycles. The highest BCUT2D eigenvalue weighted by atomic mass is 16.5. The highest BCUT2D eigenvalue weighted by Crippen LogP contribution is 2.36. The van der Waals surface area contributed by atoms with Crippen molar-refractivity contribution in [1.82, 2.24) is 0 Å². The SMILES string of the molecule is CCCN1C(=O)C(C)Oc2ccc(NC(=O)CCc3ccc(OC)c(OC)c3)cc21. The van der Waals surface area contributed by atoms with Crippen LogP contribution in [0, 0.1) is 0 Å². The third-order valence-electron chi connectivity index (χ3n) is 4.99. The number of benzene rings is 2. The molecule has 0 saturated carbocycles. The molecular formula is C23H28N2O5. The number of fused-ring (bicyclic) bond motifs is 1. The van der Waals surface area contributed by atoms with E-state index < -0.39 is 6.10 Å². The number of anilines is 2. The minimum atomic E-state index is -0.508. The van der Waals surface area contributed by atoms with Gasteiger partial charge in [-0.1, -0.05) is 13.0 Å². The first-order valence-corrected chi connectivity index (χ1v) is 10.1. The van der Waals surface area contributed by atoms with E-state index in [1.165, 1.54) is 0 Å². The summed E-state index contributed by atoms with van der Waals surface area (Å²) in [6.07, 6.45) is 1.21. The van der Waals surface area contributed by atoms with Crippen molar-refractivity contribution in [2.24, 2.45) is 0 Å². The molecule has 2 amide bonds. The van der Waals surface area contributed by atoms with Crippen molar-refractivity contribution in [2.45, 2.75) is 39.2 Å². The molecule has 1 aliphatic heterocycles. The summed E-state index contributed by atoms with van der Waals surface area (Å²) in [5, 5.41) is 2.91. The lowest BCUT2D eigenvalue weighted by atomic mass is 10.1. The molecule has 2 aromatic carbocycles. The van der Waals surface area contributed by atoms with Gasteiger partial charge < -0.3 is 24.4 Å². The third kappa shape index (κ3) is 4.67. The van der Waals surface area contributed by atoms with E-state index in [-0.39, 0.29) is 11.8 Å². The average molecular weight is 412 g/mol. The van der Waals surface area contributed by atoms with Gasteiger partial charge in [0, 0.05) is 18.7 Å². The Labute approximate surface area is 176 Å². The van der Waals surface area contributed by atoms with Crippen molar-refractivity contribution in [3.63, 3.8) is 0 Å². The summed E-state index contributed by atoms with van der Waals surface area (Å²) < 4.78 is 16.2. The molecule has 0 aliphatic carbocycles. The molecule has 30 heavy (non-hydrogen) atoms. The number of nitrogens with one attached hydrogen (secondary N) is 1. The van der Waals surface area contributed by atoms with Crippen molar-refractivity contribution in [3.05, 3.63) is 42.0 Å². The molecule has 1 N–H and O–H groups in total. The summed E-state index contributed by atoms with van der Waals surface area (Å²) in [4.78, 5) is 26.7. The first kappa shape index (κ1) is 21.5. The highest BCUT2D eigenvalue weighted by Gasteiger charge is 2.31. The van der Waals surface area contributed by atoms with Gasteiger partial charge in [0.1, 0.15) is 5.75 Å². The monoisotopic (exact) mass is 412 g/mol. The predicted octanol–water partition coefficient (Wildman–Crippen LogP) is 3.80. The molecule has 1 heterocycles. The second-order valence-corrected chi connectivity index (χ2v) is 7.17. The van der Waals surface area contributed by atoms with E-state index in [1.54, 1.807) is 44.2 Å². The molecule has 1 unspecified atom stereocenters. The van der Waals surface area contributed by atoms with E-state index in [0.29, 0.717) is 48.0 Å². The third-order valence-corrected chi connectivity index (χ3v) is 4.99. The summed E-state index contributed by atoms with van der Waals surface area (Å²) >= 11 is 0. The van der Waals surface area contributed by atoms with E-state index >= 15 is 0 Å². The molecule has 7 nitrogen and oxygen atoms in total. The van der Waals surface area contributed by atoms with E-state index in [1.807, 2.05) is 25.1 Å². The van der Waals surface area contributed by atoms with Crippen LogP contribution in [0.25, 0.3) is 0 Å². The number of hydrogen-bond donors (Lipinski definition) is 1. The van der Waals surface area contributed by atoms with Crippen LogP contribution in [0.15, 0.2) is 36.4 Å². The number of rotatable bonds is 8. The van der Waals surface area contributed by atoms with E-state index in [0.717, 1.165) is 12.0 Å². The number of aryl methyl sites for hydroxylation is 1. The van der Waals surface area contributed by atoms with Gasteiger partial charge in [0.15, 0.2) is 17.6 Å². The van der Waals surface area contributed by atoms with Crippen LogP contribution in [-0.4, -0.2) is 38.7 Å². The lowest BCUT2D eigenvalue weighted by Gasteiger charge is -2.33. The Morgan fingerprint density at radius 2 is 1.90 bits per heavy atom. The van der Waals surface area contributed by atoms with Crippen LogP contribution in [0.2, 0.25) is 0 Å². The summed E-state index contributed by atoms with van der Waals surface area (Å²) in [7, 11) is 3.17. The van der Waals surface area contributed by atoms with Crippen molar-refractivity contribution in [2.75, 3.05) is 31.0 Å². The second-order valence-electron chi connectivity index (χ2n) is 7.17. The van der Waals surface area contributed by atoms with Crippen molar-refractivity contribution in [3.8, 4) is 17.2 Å². The Kier molecular flexibility index (Phi) is 6.82. The molecule has 160 valence electrons. The van der Waals surface area contributed by atoms with Gasteiger partial charge in [0.2, 0.25) is 5.91 Å². The molecule has 0 fully saturated rings. The van der Waals surface area contributed by atoms with Crippen molar-refractivity contribution >= 4 is 23.2 Å². The molecule has 7 heteroatoms. The number of carbonyl (C=O) groups excluding carboxylic acids is 2. The Morgan fingerprint density at radius 1 is 1.13 bits per heavy atom. The fourth-order valence-electron chi connectivity index (χ4n) is 3.46. The maximum atomic E-state index is 12.5. The van der Waals surface area contributed by atoms with Crippen LogP contribution in [0.3, 0.4) is 0 Å². The minimum absolute atomic E-state index is 0.0683.